The number of fused-ring (bicyclic) bond motifs is 4. The Balaban J connectivity index is 1.35. The average Bonchev–Trinajstić information content (AvgIpc) is 3.43. The van der Waals surface area contributed by atoms with Crippen LogP contribution < -0.4 is 5.32 Å². The second-order valence-electron chi connectivity index (χ2n) is 7.78. The van der Waals surface area contributed by atoms with Crippen LogP contribution in [0.5, 0.6) is 0 Å². The lowest BCUT2D eigenvalue weighted by Gasteiger charge is -2.18. The number of para-hydroxylation sites is 1. The number of thiophene rings is 1. The summed E-state index contributed by atoms with van der Waals surface area (Å²) in [4.78, 5) is 27.5. The van der Waals surface area contributed by atoms with Gasteiger partial charge in [0, 0.05) is 4.88 Å². The summed E-state index contributed by atoms with van der Waals surface area (Å²) in [6, 6.07) is 8.04. The van der Waals surface area contributed by atoms with Crippen molar-refractivity contribution in [3.05, 3.63) is 40.3 Å². The molecule has 3 aromatic heterocycles. The largest absolute Gasteiger partial charge is 0.462 e. The Hall–Kier alpha value is -2.43. The quantitative estimate of drug-likeness (QED) is 0.304. The normalized spacial score (nSPS) is 15.8. The molecule has 166 valence electrons. The van der Waals surface area contributed by atoms with Gasteiger partial charge in [0.2, 0.25) is 10.9 Å². The third-order valence-corrected chi connectivity index (χ3v) is 8.60. The minimum Gasteiger partial charge on any atom is -0.462 e. The van der Waals surface area contributed by atoms with E-state index in [1.807, 2.05) is 28.7 Å². The first kappa shape index (κ1) is 21.4. The molecular weight excluding hydrogens is 464 g/mol. The fraction of sp³-hybridized carbons (Fsp3) is 0.364. The van der Waals surface area contributed by atoms with Crippen LogP contribution in [0.3, 0.4) is 0 Å². The van der Waals surface area contributed by atoms with E-state index in [0.717, 1.165) is 40.0 Å². The number of anilines is 1. The number of nitrogens with one attached hydrogen (secondary N) is 1. The smallest absolute Gasteiger partial charge is 0.341 e. The number of hydrogen-bond acceptors (Lipinski definition) is 8. The number of benzene rings is 1. The first-order valence-corrected chi connectivity index (χ1v) is 13.1. The minimum absolute atomic E-state index is 0.173. The molecule has 0 saturated heterocycles. The standard InChI is InChI=1S/C22H22N4O3S3/c1-3-29-20(28)18-13-9-8-12(2)10-16(13)31-19(18)23-17(27)11-30-21-24-25-22-26(21)14-6-4-5-7-15(14)32-22/h4-7,12H,3,8-11H2,1-2H3,(H,23,27)/t12-/m1/s1. The summed E-state index contributed by atoms with van der Waals surface area (Å²) in [5, 5.41) is 12.7. The van der Waals surface area contributed by atoms with Crippen LogP contribution in [0.4, 0.5) is 5.00 Å². The Morgan fingerprint density at radius 1 is 1.28 bits per heavy atom. The van der Waals surface area contributed by atoms with Crippen molar-refractivity contribution in [1.29, 1.82) is 0 Å². The summed E-state index contributed by atoms with van der Waals surface area (Å²) in [7, 11) is 0. The third-order valence-electron chi connectivity index (χ3n) is 5.49. The number of thioether (sulfide) groups is 1. The van der Waals surface area contributed by atoms with E-state index in [9.17, 15) is 9.59 Å². The monoisotopic (exact) mass is 486 g/mol. The highest BCUT2D eigenvalue weighted by Crippen LogP contribution is 2.40. The van der Waals surface area contributed by atoms with Gasteiger partial charge in [-0.3, -0.25) is 9.20 Å². The van der Waals surface area contributed by atoms with Gasteiger partial charge in [-0.05, 0) is 49.8 Å². The Bertz CT molecular complexity index is 1320. The summed E-state index contributed by atoms with van der Waals surface area (Å²) in [5.74, 6) is 0.215. The highest BCUT2D eigenvalue weighted by molar-refractivity contribution is 7.99. The van der Waals surface area contributed by atoms with Crippen molar-refractivity contribution in [3.63, 3.8) is 0 Å². The molecule has 1 aromatic carbocycles. The lowest BCUT2D eigenvalue weighted by Crippen LogP contribution is -2.17. The Morgan fingerprint density at radius 2 is 2.12 bits per heavy atom. The maximum Gasteiger partial charge on any atom is 0.341 e. The van der Waals surface area contributed by atoms with Gasteiger partial charge in [-0.1, -0.05) is 42.2 Å². The number of ether oxygens (including phenoxy) is 1. The molecule has 0 aliphatic heterocycles. The van der Waals surface area contributed by atoms with Crippen LogP contribution in [-0.4, -0.2) is 38.8 Å². The van der Waals surface area contributed by atoms with E-state index in [0.29, 0.717) is 28.2 Å². The Kier molecular flexibility index (Phi) is 5.92. The lowest BCUT2D eigenvalue weighted by atomic mass is 9.88. The number of carbonyl (C=O) groups excluding carboxylic acids is 2. The first-order valence-electron chi connectivity index (χ1n) is 10.5. The molecule has 1 aliphatic carbocycles. The van der Waals surface area contributed by atoms with E-state index in [2.05, 4.69) is 22.4 Å². The zero-order valence-electron chi connectivity index (χ0n) is 17.7. The van der Waals surface area contributed by atoms with Crippen molar-refractivity contribution in [1.82, 2.24) is 14.6 Å². The highest BCUT2D eigenvalue weighted by Gasteiger charge is 2.29. The molecule has 1 aliphatic rings. The fourth-order valence-electron chi connectivity index (χ4n) is 4.00. The van der Waals surface area contributed by atoms with Crippen molar-refractivity contribution < 1.29 is 14.3 Å². The second-order valence-corrected chi connectivity index (χ2v) is 10.8. The SMILES string of the molecule is CCOC(=O)c1c(NC(=O)CSc2nnc3sc4ccccc4n23)sc2c1CC[C@@H](C)C2. The maximum atomic E-state index is 12.8. The number of nitrogens with zero attached hydrogens (tertiary/aromatic N) is 3. The van der Waals surface area contributed by atoms with Crippen LogP contribution in [0.15, 0.2) is 29.4 Å². The second kappa shape index (κ2) is 8.84. The van der Waals surface area contributed by atoms with Crippen molar-refractivity contribution in [3.8, 4) is 0 Å². The molecule has 3 heterocycles. The summed E-state index contributed by atoms with van der Waals surface area (Å²) in [6.45, 7) is 4.32. The molecule has 1 N–H and O–H groups in total. The number of amides is 1. The molecule has 10 heteroatoms. The van der Waals surface area contributed by atoms with Crippen molar-refractivity contribution in [2.75, 3.05) is 17.7 Å². The third kappa shape index (κ3) is 3.91. The molecule has 5 rings (SSSR count). The van der Waals surface area contributed by atoms with Crippen LogP contribution in [0, 0.1) is 5.92 Å². The number of esters is 1. The van der Waals surface area contributed by atoms with E-state index in [1.54, 1.807) is 18.3 Å². The van der Waals surface area contributed by atoms with E-state index >= 15 is 0 Å². The van der Waals surface area contributed by atoms with Crippen molar-refractivity contribution >= 4 is 66.5 Å². The van der Waals surface area contributed by atoms with Gasteiger partial charge in [-0.2, -0.15) is 0 Å². The van der Waals surface area contributed by atoms with Crippen LogP contribution >= 0.6 is 34.4 Å². The molecule has 0 fully saturated rings. The number of aromatic nitrogens is 3. The van der Waals surface area contributed by atoms with Crippen LogP contribution in [-0.2, 0) is 22.4 Å². The zero-order chi connectivity index (χ0) is 22.2. The first-order chi connectivity index (χ1) is 15.5. The fourth-order valence-corrected chi connectivity index (χ4v) is 7.18. The van der Waals surface area contributed by atoms with Gasteiger partial charge in [0.15, 0.2) is 5.16 Å². The Morgan fingerprint density at radius 3 is 2.97 bits per heavy atom. The molecule has 0 spiro atoms. The van der Waals surface area contributed by atoms with Gasteiger partial charge in [-0.15, -0.1) is 21.5 Å². The zero-order valence-corrected chi connectivity index (χ0v) is 20.2. The van der Waals surface area contributed by atoms with Gasteiger partial charge in [0.1, 0.15) is 5.00 Å². The molecule has 1 amide bonds. The van der Waals surface area contributed by atoms with Gasteiger partial charge in [0.05, 0.1) is 28.1 Å². The Labute approximate surface area is 197 Å². The highest BCUT2D eigenvalue weighted by atomic mass is 32.2. The van der Waals surface area contributed by atoms with E-state index in [1.165, 1.54) is 28.0 Å². The molecule has 32 heavy (non-hydrogen) atoms. The summed E-state index contributed by atoms with van der Waals surface area (Å²) in [6.07, 6.45) is 2.81. The molecule has 0 unspecified atom stereocenters. The molecule has 0 saturated carbocycles. The lowest BCUT2D eigenvalue weighted by molar-refractivity contribution is -0.113. The van der Waals surface area contributed by atoms with Gasteiger partial charge < -0.3 is 10.1 Å². The van der Waals surface area contributed by atoms with Gasteiger partial charge in [-0.25, -0.2) is 4.79 Å². The average molecular weight is 487 g/mol. The van der Waals surface area contributed by atoms with E-state index in [4.69, 9.17) is 4.74 Å². The summed E-state index contributed by atoms with van der Waals surface area (Å²) in [5.41, 5.74) is 2.61. The number of thiazole rings is 1. The molecule has 7 nitrogen and oxygen atoms in total. The molecular formula is C22H22N4O3S3. The minimum atomic E-state index is -0.355. The molecule has 0 radical (unpaired) electrons. The maximum absolute atomic E-state index is 12.8. The molecule has 0 bridgehead atoms. The van der Waals surface area contributed by atoms with Crippen molar-refractivity contribution in [2.45, 2.75) is 38.3 Å². The predicted octanol–water partition coefficient (Wildman–Crippen LogP) is 5.04. The van der Waals surface area contributed by atoms with Crippen LogP contribution in [0.2, 0.25) is 0 Å². The topological polar surface area (TPSA) is 85.6 Å². The number of rotatable bonds is 6. The molecule has 4 aromatic rings. The summed E-state index contributed by atoms with van der Waals surface area (Å²) < 4.78 is 8.40. The summed E-state index contributed by atoms with van der Waals surface area (Å²) >= 11 is 4.41. The van der Waals surface area contributed by atoms with Gasteiger partial charge in [0.25, 0.3) is 0 Å². The predicted molar refractivity (Wildman–Crippen MR) is 129 cm³/mol. The van der Waals surface area contributed by atoms with E-state index in [-0.39, 0.29) is 17.6 Å². The van der Waals surface area contributed by atoms with Crippen molar-refractivity contribution in [2.24, 2.45) is 5.92 Å². The van der Waals surface area contributed by atoms with E-state index < -0.39 is 0 Å². The van der Waals surface area contributed by atoms with Gasteiger partial charge >= 0.3 is 5.97 Å². The molecule has 1 atom stereocenters. The van der Waals surface area contributed by atoms with Crippen LogP contribution in [0.1, 0.15) is 41.1 Å². The number of hydrogen-bond donors (Lipinski definition) is 1. The number of carbonyl (C=O) groups is 2. The van der Waals surface area contributed by atoms with Crippen LogP contribution in [0.25, 0.3) is 15.2 Å².